The van der Waals surface area contributed by atoms with Crippen molar-refractivity contribution in [3.63, 3.8) is 0 Å². The summed E-state index contributed by atoms with van der Waals surface area (Å²) in [6.45, 7) is 5.49. The molecule has 0 radical (unpaired) electrons. The lowest BCUT2D eigenvalue weighted by molar-refractivity contribution is -0.130. The number of nitrogens with zero attached hydrogens (tertiary/aromatic N) is 3. The first-order valence-electron chi connectivity index (χ1n) is 11.6. The minimum absolute atomic E-state index is 0.0492. The number of carbonyl (C=O) groups excluding carboxylic acids is 1. The van der Waals surface area contributed by atoms with Crippen LogP contribution in [0.3, 0.4) is 0 Å². The van der Waals surface area contributed by atoms with Crippen molar-refractivity contribution >= 4 is 28.2 Å². The molecule has 0 spiro atoms. The van der Waals surface area contributed by atoms with Crippen LogP contribution in [0.4, 0.5) is 5.82 Å². The zero-order chi connectivity index (χ0) is 22.7. The van der Waals surface area contributed by atoms with E-state index in [2.05, 4.69) is 28.4 Å². The molecule has 1 unspecified atom stereocenters. The molecule has 1 aromatic carbocycles. The molecule has 32 heavy (non-hydrogen) atoms. The number of rotatable bonds is 6. The van der Waals surface area contributed by atoms with Gasteiger partial charge in [0.05, 0.1) is 11.1 Å². The minimum atomic E-state index is -0.931. The quantitative estimate of drug-likeness (QED) is 0.637. The molecule has 0 bridgehead atoms. The van der Waals surface area contributed by atoms with Gasteiger partial charge in [-0.25, -0.2) is 9.97 Å². The summed E-state index contributed by atoms with van der Waals surface area (Å²) in [5, 5.41) is 24.3. The van der Waals surface area contributed by atoms with Gasteiger partial charge in [-0.1, -0.05) is 31.6 Å². The number of nitrogens with one attached hydrogen (secondary N) is 1. The standard InChI is InChI=1S/C25H32N4O3/c1-3-6-22(31)25(32)26-17-11-13-29(14-12-17)24-18-10-9-16(2)15-20(18)27-23(28-24)19-7-4-5-8-21(19)30/h4,7,9-10,15,17,22,30-31H,3,5-6,8,11-14H2,1-2H3,(H,26,32). The molecule has 2 aliphatic rings. The minimum Gasteiger partial charge on any atom is -0.512 e. The van der Waals surface area contributed by atoms with Gasteiger partial charge in [0.25, 0.3) is 0 Å². The van der Waals surface area contributed by atoms with Crippen molar-refractivity contribution in [2.45, 2.75) is 64.5 Å². The second-order valence-corrected chi connectivity index (χ2v) is 8.77. The van der Waals surface area contributed by atoms with E-state index in [-0.39, 0.29) is 11.9 Å². The summed E-state index contributed by atoms with van der Waals surface area (Å²) in [6, 6.07) is 6.22. The fourth-order valence-corrected chi connectivity index (χ4v) is 4.38. The van der Waals surface area contributed by atoms with E-state index in [1.54, 1.807) is 0 Å². The van der Waals surface area contributed by atoms with Crippen LogP contribution in [0.25, 0.3) is 16.5 Å². The number of aliphatic hydroxyl groups is 2. The first-order valence-corrected chi connectivity index (χ1v) is 11.6. The van der Waals surface area contributed by atoms with Crippen LogP contribution in [0.2, 0.25) is 0 Å². The molecule has 7 heteroatoms. The summed E-state index contributed by atoms with van der Waals surface area (Å²) in [5.41, 5.74) is 2.67. The highest BCUT2D eigenvalue weighted by atomic mass is 16.3. The molecule has 1 aliphatic heterocycles. The molecule has 1 amide bonds. The Morgan fingerprint density at radius 3 is 2.78 bits per heavy atom. The predicted molar refractivity (Wildman–Crippen MR) is 126 cm³/mol. The normalized spacial score (nSPS) is 18.3. The van der Waals surface area contributed by atoms with Crippen molar-refractivity contribution in [2.24, 2.45) is 0 Å². The predicted octanol–water partition coefficient (Wildman–Crippen LogP) is 3.80. The number of piperidine rings is 1. The average molecular weight is 437 g/mol. The number of benzene rings is 1. The molecule has 2 heterocycles. The maximum atomic E-state index is 12.2. The van der Waals surface area contributed by atoms with Crippen molar-refractivity contribution in [1.82, 2.24) is 15.3 Å². The van der Waals surface area contributed by atoms with Crippen LogP contribution in [-0.2, 0) is 4.79 Å². The van der Waals surface area contributed by atoms with Crippen LogP contribution >= 0.6 is 0 Å². The Morgan fingerprint density at radius 2 is 2.06 bits per heavy atom. The Hall–Kier alpha value is -2.93. The fourth-order valence-electron chi connectivity index (χ4n) is 4.38. The molecule has 2 aromatic rings. The molecular weight excluding hydrogens is 404 g/mol. The van der Waals surface area contributed by atoms with Gasteiger partial charge < -0.3 is 20.4 Å². The molecule has 1 aliphatic carbocycles. The van der Waals surface area contributed by atoms with E-state index in [4.69, 9.17) is 9.97 Å². The third kappa shape index (κ3) is 4.78. The Kier molecular flexibility index (Phi) is 6.74. The van der Waals surface area contributed by atoms with E-state index in [9.17, 15) is 15.0 Å². The number of aliphatic hydroxyl groups excluding tert-OH is 2. The number of hydrogen-bond donors (Lipinski definition) is 3. The molecule has 4 rings (SSSR count). The Balaban J connectivity index is 1.58. The molecule has 7 nitrogen and oxygen atoms in total. The van der Waals surface area contributed by atoms with Crippen LogP contribution < -0.4 is 10.2 Å². The summed E-state index contributed by atoms with van der Waals surface area (Å²) in [6.07, 6.45) is 7.26. The van der Waals surface area contributed by atoms with Crippen LogP contribution in [0.5, 0.6) is 0 Å². The van der Waals surface area contributed by atoms with Crippen LogP contribution in [0.15, 0.2) is 36.1 Å². The second-order valence-electron chi connectivity index (χ2n) is 8.77. The van der Waals surface area contributed by atoms with Crippen molar-refractivity contribution in [3.8, 4) is 0 Å². The largest absolute Gasteiger partial charge is 0.512 e. The monoisotopic (exact) mass is 436 g/mol. The Bertz CT molecular complexity index is 1050. The molecular formula is C25H32N4O3. The van der Waals surface area contributed by atoms with E-state index in [1.165, 1.54) is 0 Å². The number of aryl methyl sites for hydroxylation is 1. The van der Waals surface area contributed by atoms with Gasteiger partial charge in [-0.3, -0.25) is 4.79 Å². The molecule has 1 fully saturated rings. The highest BCUT2D eigenvalue weighted by Gasteiger charge is 2.26. The third-order valence-electron chi connectivity index (χ3n) is 6.22. The zero-order valence-corrected chi connectivity index (χ0v) is 18.8. The Morgan fingerprint density at radius 1 is 1.28 bits per heavy atom. The lowest BCUT2D eigenvalue weighted by Crippen LogP contribution is -2.47. The zero-order valence-electron chi connectivity index (χ0n) is 18.8. The highest BCUT2D eigenvalue weighted by molar-refractivity contribution is 5.92. The van der Waals surface area contributed by atoms with Crippen LogP contribution in [-0.4, -0.2) is 51.3 Å². The molecule has 1 saturated heterocycles. The summed E-state index contributed by atoms with van der Waals surface area (Å²) in [4.78, 5) is 24.1. The van der Waals surface area contributed by atoms with Gasteiger partial charge in [0.1, 0.15) is 17.7 Å². The number of carbonyl (C=O) groups is 1. The van der Waals surface area contributed by atoms with Gasteiger partial charge in [0.2, 0.25) is 5.91 Å². The van der Waals surface area contributed by atoms with E-state index in [0.29, 0.717) is 30.0 Å². The molecule has 170 valence electrons. The van der Waals surface area contributed by atoms with Gasteiger partial charge in [-0.05, 0) is 50.3 Å². The number of hydrogen-bond acceptors (Lipinski definition) is 6. The van der Waals surface area contributed by atoms with Crippen molar-refractivity contribution < 1.29 is 15.0 Å². The van der Waals surface area contributed by atoms with Gasteiger partial charge in [-0.15, -0.1) is 0 Å². The number of aromatic nitrogens is 2. The van der Waals surface area contributed by atoms with Crippen molar-refractivity contribution in [3.05, 3.63) is 47.5 Å². The SMILES string of the molecule is CCCC(O)C(=O)NC1CCN(c2nc(C3=C(O)CCC=C3)nc3cc(C)ccc23)CC1. The smallest absolute Gasteiger partial charge is 0.249 e. The molecule has 0 saturated carbocycles. The lowest BCUT2D eigenvalue weighted by Gasteiger charge is -2.34. The number of allylic oxidation sites excluding steroid dienone is 4. The number of anilines is 1. The number of fused-ring (bicyclic) bond motifs is 1. The van der Waals surface area contributed by atoms with E-state index in [0.717, 1.165) is 61.1 Å². The van der Waals surface area contributed by atoms with Gasteiger partial charge in [0, 0.05) is 30.9 Å². The van der Waals surface area contributed by atoms with Gasteiger partial charge in [-0.2, -0.15) is 0 Å². The fraction of sp³-hybridized carbons (Fsp3) is 0.480. The maximum absolute atomic E-state index is 12.2. The topological polar surface area (TPSA) is 98.6 Å². The maximum Gasteiger partial charge on any atom is 0.249 e. The molecule has 3 N–H and O–H groups in total. The van der Waals surface area contributed by atoms with E-state index in [1.807, 2.05) is 26.0 Å². The van der Waals surface area contributed by atoms with Crippen LogP contribution in [0, 0.1) is 6.92 Å². The van der Waals surface area contributed by atoms with E-state index >= 15 is 0 Å². The van der Waals surface area contributed by atoms with Gasteiger partial charge >= 0.3 is 0 Å². The molecule has 1 aromatic heterocycles. The summed E-state index contributed by atoms with van der Waals surface area (Å²) >= 11 is 0. The second kappa shape index (κ2) is 9.69. The van der Waals surface area contributed by atoms with Crippen LogP contribution in [0.1, 0.15) is 56.8 Å². The first kappa shape index (κ1) is 22.3. The summed E-state index contributed by atoms with van der Waals surface area (Å²) in [5.74, 6) is 1.46. The lowest BCUT2D eigenvalue weighted by atomic mass is 10.0. The Labute approximate surface area is 188 Å². The third-order valence-corrected chi connectivity index (χ3v) is 6.22. The highest BCUT2D eigenvalue weighted by Crippen LogP contribution is 2.31. The summed E-state index contributed by atoms with van der Waals surface area (Å²) in [7, 11) is 0. The summed E-state index contributed by atoms with van der Waals surface area (Å²) < 4.78 is 0. The number of amides is 1. The average Bonchev–Trinajstić information content (AvgIpc) is 2.79. The first-order chi connectivity index (χ1) is 15.5. The van der Waals surface area contributed by atoms with Crippen molar-refractivity contribution in [2.75, 3.05) is 18.0 Å². The van der Waals surface area contributed by atoms with E-state index < -0.39 is 6.10 Å². The molecule has 1 atom stereocenters. The van der Waals surface area contributed by atoms with Crippen molar-refractivity contribution in [1.29, 1.82) is 0 Å². The van der Waals surface area contributed by atoms with Gasteiger partial charge in [0.15, 0.2) is 5.82 Å².